The third-order valence-corrected chi connectivity index (χ3v) is 6.92. The Hall–Kier alpha value is 0.516. The first kappa shape index (κ1) is 18.9. The normalized spacial score (nSPS) is 10.7. The minimum Gasteiger partial charge on any atom is -0.234 e. The summed E-state index contributed by atoms with van der Waals surface area (Å²) in [5.41, 5.74) is 2.48. The largest absolute Gasteiger partial charge is 0.234 e. The van der Waals surface area contributed by atoms with Gasteiger partial charge in [0.25, 0.3) is 0 Å². The van der Waals surface area contributed by atoms with E-state index < -0.39 is 6.89 Å². The number of unbranched alkanes of at least 4 members (excludes halogenated alkanes) is 3. The maximum atomic E-state index is 11.3. The first-order chi connectivity index (χ1) is 7.24. The summed E-state index contributed by atoms with van der Waals surface area (Å²) in [6.07, 6.45) is 10.8. The molecule has 0 spiro atoms. The van der Waals surface area contributed by atoms with Crippen molar-refractivity contribution in [3.63, 3.8) is 0 Å². The van der Waals surface area contributed by atoms with Gasteiger partial charge in [0.1, 0.15) is 5.66 Å². The van der Waals surface area contributed by atoms with Gasteiger partial charge in [0.15, 0.2) is 0 Å². The molecule has 0 heterocycles. The fourth-order valence-corrected chi connectivity index (χ4v) is 5.56. The van der Waals surface area contributed by atoms with E-state index >= 15 is 0 Å². The summed E-state index contributed by atoms with van der Waals surface area (Å²) < 4.78 is 0. The third kappa shape index (κ3) is 7.74. The SMILES string of the molecule is CCCCP(=C=O)(CCCC)CCCC.[Co]. The van der Waals surface area contributed by atoms with Crippen LogP contribution in [0, 0.1) is 0 Å². The zero-order valence-corrected chi connectivity index (χ0v) is 13.0. The molecular weight excluding hydrogens is 262 g/mol. The molecule has 1 radical (unpaired) electrons. The van der Waals surface area contributed by atoms with Crippen LogP contribution in [-0.4, -0.2) is 24.1 Å². The van der Waals surface area contributed by atoms with Crippen molar-refractivity contribution in [3.8, 4) is 0 Å². The molecule has 0 atom stereocenters. The number of hydrogen-bond acceptors (Lipinski definition) is 1. The quantitative estimate of drug-likeness (QED) is 0.572. The van der Waals surface area contributed by atoms with Crippen LogP contribution >= 0.6 is 6.89 Å². The van der Waals surface area contributed by atoms with Crippen molar-refractivity contribution in [1.29, 1.82) is 0 Å². The van der Waals surface area contributed by atoms with Crippen LogP contribution in [0.2, 0.25) is 0 Å². The van der Waals surface area contributed by atoms with Gasteiger partial charge in [0.2, 0.25) is 0 Å². The standard InChI is InChI=1S/C13H27OP.Co/c1-4-7-10-15(13-14,11-8-5-2)12-9-6-3;/h4-12H2,1-3H3;. The van der Waals surface area contributed by atoms with E-state index in [0.717, 1.165) is 18.5 Å². The summed E-state index contributed by atoms with van der Waals surface area (Å²) in [6.45, 7) is 5.29. The molecule has 0 fully saturated rings. The Labute approximate surface area is 112 Å². The van der Waals surface area contributed by atoms with E-state index in [9.17, 15) is 4.79 Å². The van der Waals surface area contributed by atoms with Crippen LogP contribution in [-0.2, 0) is 21.6 Å². The Bertz CT molecular complexity index is 193. The van der Waals surface area contributed by atoms with Crippen LogP contribution < -0.4 is 0 Å². The summed E-state index contributed by atoms with van der Waals surface area (Å²) in [5, 5.41) is 0. The molecule has 0 aliphatic rings. The van der Waals surface area contributed by atoms with Gasteiger partial charge in [-0.3, -0.25) is 0 Å². The second-order valence-corrected chi connectivity index (χ2v) is 8.28. The smallest absolute Gasteiger partial charge is 0.114 e. The summed E-state index contributed by atoms with van der Waals surface area (Å²) in [7, 11) is 0. The van der Waals surface area contributed by atoms with E-state index in [4.69, 9.17) is 0 Å². The molecule has 0 aliphatic carbocycles. The maximum Gasteiger partial charge on any atom is 0.114 e. The minimum atomic E-state index is -1.33. The van der Waals surface area contributed by atoms with Gasteiger partial charge >= 0.3 is 0 Å². The van der Waals surface area contributed by atoms with Crippen LogP contribution in [0.3, 0.4) is 0 Å². The minimum absolute atomic E-state index is 0. The number of carbonyl (C=O) groups excluding carboxylic acids is 1. The van der Waals surface area contributed by atoms with Gasteiger partial charge in [0, 0.05) is 16.8 Å². The second kappa shape index (κ2) is 12.0. The van der Waals surface area contributed by atoms with Crippen molar-refractivity contribution in [2.24, 2.45) is 0 Å². The van der Waals surface area contributed by atoms with Crippen LogP contribution in [0.25, 0.3) is 0 Å². The summed E-state index contributed by atoms with van der Waals surface area (Å²) >= 11 is 0. The molecule has 0 bridgehead atoms. The van der Waals surface area contributed by atoms with Crippen molar-refractivity contribution in [1.82, 2.24) is 0 Å². The van der Waals surface area contributed by atoms with Gasteiger partial charge in [-0.1, -0.05) is 40.0 Å². The van der Waals surface area contributed by atoms with Crippen molar-refractivity contribution < 1.29 is 21.6 Å². The summed E-state index contributed by atoms with van der Waals surface area (Å²) in [4.78, 5) is 11.3. The molecule has 0 amide bonds. The molecule has 0 saturated carbocycles. The first-order valence-electron chi connectivity index (χ1n) is 6.50. The molecule has 0 rings (SSSR count). The average molecular weight is 289 g/mol. The Morgan fingerprint density at radius 2 is 1.12 bits per heavy atom. The van der Waals surface area contributed by atoms with Crippen molar-refractivity contribution in [2.45, 2.75) is 59.3 Å². The number of hydrogen-bond donors (Lipinski definition) is 0. The fourth-order valence-electron chi connectivity index (χ4n) is 1.85. The van der Waals surface area contributed by atoms with Crippen LogP contribution in [0.1, 0.15) is 59.3 Å². The monoisotopic (exact) mass is 289 g/mol. The molecule has 0 aliphatic heterocycles. The molecule has 3 heteroatoms. The van der Waals surface area contributed by atoms with Crippen LogP contribution in [0.15, 0.2) is 0 Å². The fraction of sp³-hybridized carbons (Fsp3) is 0.923. The average Bonchev–Trinajstić information content (AvgIpc) is 2.29. The molecule has 0 aromatic heterocycles. The summed E-state index contributed by atoms with van der Waals surface area (Å²) in [6, 6.07) is 0. The van der Waals surface area contributed by atoms with Crippen molar-refractivity contribution in [2.75, 3.05) is 18.5 Å². The van der Waals surface area contributed by atoms with E-state index in [1.165, 1.54) is 38.5 Å². The Balaban J connectivity index is 0. The predicted molar refractivity (Wildman–Crippen MR) is 71.9 cm³/mol. The van der Waals surface area contributed by atoms with Gasteiger partial charge < -0.3 is 0 Å². The number of rotatable bonds is 9. The molecule has 0 aromatic rings. The van der Waals surface area contributed by atoms with E-state index in [1.54, 1.807) is 0 Å². The Morgan fingerprint density at radius 1 is 0.812 bits per heavy atom. The van der Waals surface area contributed by atoms with E-state index in [2.05, 4.69) is 26.4 Å². The molecule has 0 aromatic carbocycles. The second-order valence-electron chi connectivity index (χ2n) is 4.47. The van der Waals surface area contributed by atoms with Gasteiger partial charge in [-0.05, 0) is 44.6 Å². The molecule has 99 valence electrons. The molecule has 0 unspecified atom stereocenters. The topological polar surface area (TPSA) is 17.1 Å². The third-order valence-electron chi connectivity index (χ3n) is 3.01. The van der Waals surface area contributed by atoms with Crippen molar-refractivity contribution >= 4 is 12.5 Å². The van der Waals surface area contributed by atoms with E-state index in [0.29, 0.717) is 0 Å². The Morgan fingerprint density at radius 3 is 1.31 bits per heavy atom. The molecular formula is C13H27CoOP. The Kier molecular flexibility index (Phi) is 14.1. The van der Waals surface area contributed by atoms with Crippen LogP contribution in [0.5, 0.6) is 0 Å². The zero-order chi connectivity index (χ0) is 11.6. The summed E-state index contributed by atoms with van der Waals surface area (Å²) in [5.74, 6) is 0. The van der Waals surface area contributed by atoms with Gasteiger partial charge in [0.05, 0.1) is 0 Å². The van der Waals surface area contributed by atoms with E-state index in [-0.39, 0.29) is 16.8 Å². The molecule has 16 heavy (non-hydrogen) atoms. The maximum absolute atomic E-state index is 11.3. The van der Waals surface area contributed by atoms with Crippen molar-refractivity contribution in [3.05, 3.63) is 0 Å². The molecule has 0 N–H and O–H groups in total. The molecule has 1 nitrogen and oxygen atoms in total. The molecule has 0 saturated heterocycles. The zero-order valence-electron chi connectivity index (χ0n) is 11.1. The first-order valence-corrected chi connectivity index (χ1v) is 8.84. The van der Waals surface area contributed by atoms with Crippen LogP contribution in [0.4, 0.5) is 0 Å². The predicted octanol–water partition coefficient (Wildman–Crippen LogP) is 4.47. The van der Waals surface area contributed by atoms with E-state index in [1.807, 2.05) is 0 Å². The van der Waals surface area contributed by atoms with Gasteiger partial charge in [-0.15, -0.1) is 0 Å². The van der Waals surface area contributed by atoms with Gasteiger partial charge in [-0.2, -0.15) is 0 Å². The van der Waals surface area contributed by atoms with Gasteiger partial charge in [-0.25, -0.2) is 4.79 Å².